The number of para-hydroxylation sites is 2. The average Bonchev–Trinajstić information content (AvgIpc) is 2.12. The van der Waals surface area contributed by atoms with Crippen LogP contribution in [-0.2, 0) is 0 Å². The molecule has 76 valence electrons. The molecule has 0 bridgehead atoms. The zero-order valence-electron chi connectivity index (χ0n) is 8.75. The molecule has 1 heterocycles. The molecule has 3 heteroatoms. The maximum atomic E-state index is 3.52. The molecule has 1 aromatic rings. The predicted octanol–water partition coefficient (Wildman–Crippen LogP) is 1.14. The van der Waals surface area contributed by atoms with E-state index in [2.05, 4.69) is 53.9 Å². The van der Waals surface area contributed by atoms with Crippen molar-refractivity contribution in [3.05, 3.63) is 24.3 Å². The van der Waals surface area contributed by atoms with Gasteiger partial charge in [-0.2, -0.15) is 0 Å². The van der Waals surface area contributed by atoms with Gasteiger partial charge in [0.15, 0.2) is 0 Å². The molecule has 0 amide bonds. The molecule has 0 aliphatic carbocycles. The van der Waals surface area contributed by atoms with Crippen LogP contribution in [-0.4, -0.2) is 33.2 Å². The van der Waals surface area contributed by atoms with E-state index < -0.39 is 0 Å². The van der Waals surface area contributed by atoms with Crippen LogP contribution < -0.4 is 15.5 Å². The molecule has 1 aromatic carbocycles. The molecule has 0 atom stereocenters. The Balaban J connectivity index is 2.13. The van der Waals surface area contributed by atoms with E-state index in [-0.39, 0.29) is 0 Å². The van der Waals surface area contributed by atoms with Crippen molar-refractivity contribution in [2.45, 2.75) is 6.04 Å². The van der Waals surface area contributed by atoms with Crippen molar-refractivity contribution < 1.29 is 0 Å². The minimum absolute atomic E-state index is 0.594. The largest absolute Gasteiger partial charge is 0.378 e. The predicted molar refractivity (Wildman–Crippen MR) is 61.0 cm³/mol. The Labute approximate surface area is 85.1 Å². The van der Waals surface area contributed by atoms with Gasteiger partial charge < -0.3 is 15.5 Å². The first-order chi connectivity index (χ1) is 6.77. The lowest BCUT2D eigenvalue weighted by Gasteiger charge is -2.30. The van der Waals surface area contributed by atoms with Crippen molar-refractivity contribution in [1.29, 1.82) is 0 Å². The number of anilines is 2. The topological polar surface area (TPSA) is 27.3 Å². The highest BCUT2D eigenvalue weighted by Crippen LogP contribution is 2.24. The van der Waals surface area contributed by atoms with Crippen molar-refractivity contribution in [2.75, 3.05) is 37.4 Å². The van der Waals surface area contributed by atoms with Crippen LogP contribution in [0.25, 0.3) is 0 Å². The van der Waals surface area contributed by atoms with Crippen molar-refractivity contribution in [3.8, 4) is 0 Å². The van der Waals surface area contributed by atoms with E-state index in [9.17, 15) is 0 Å². The Kier molecular flexibility index (Phi) is 2.59. The summed E-state index contributed by atoms with van der Waals surface area (Å²) in [4.78, 5) is 2.13. The summed E-state index contributed by atoms with van der Waals surface area (Å²) in [6.07, 6.45) is 0. The van der Waals surface area contributed by atoms with Gasteiger partial charge in [0.1, 0.15) is 0 Å². The van der Waals surface area contributed by atoms with Gasteiger partial charge in [0.05, 0.1) is 17.4 Å². The summed E-state index contributed by atoms with van der Waals surface area (Å²) < 4.78 is 0. The summed E-state index contributed by atoms with van der Waals surface area (Å²) in [5, 5.41) is 6.78. The van der Waals surface area contributed by atoms with Gasteiger partial charge in [0, 0.05) is 27.2 Å². The number of hydrogen-bond acceptors (Lipinski definition) is 3. The van der Waals surface area contributed by atoms with E-state index in [0.717, 1.165) is 13.1 Å². The minimum atomic E-state index is 0.594. The second kappa shape index (κ2) is 3.88. The second-order valence-corrected chi connectivity index (χ2v) is 3.91. The molecule has 2 rings (SSSR count). The Morgan fingerprint density at radius 3 is 2.57 bits per heavy atom. The monoisotopic (exact) mass is 191 g/mol. The molecule has 1 saturated heterocycles. The molecule has 3 nitrogen and oxygen atoms in total. The third-order valence-corrected chi connectivity index (χ3v) is 2.53. The first-order valence-electron chi connectivity index (χ1n) is 5.01. The van der Waals surface area contributed by atoms with E-state index in [4.69, 9.17) is 0 Å². The van der Waals surface area contributed by atoms with Gasteiger partial charge in [-0.15, -0.1) is 0 Å². The molecule has 14 heavy (non-hydrogen) atoms. The first-order valence-corrected chi connectivity index (χ1v) is 5.01. The van der Waals surface area contributed by atoms with Gasteiger partial charge in [-0.3, -0.25) is 0 Å². The highest BCUT2D eigenvalue weighted by atomic mass is 15.1. The number of benzene rings is 1. The van der Waals surface area contributed by atoms with Crippen molar-refractivity contribution in [3.63, 3.8) is 0 Å². The van der Waals surface area contributed by atoms with Crippen molar-refractivity contribution in [1.82, 2.24) is 5.32 Å². The average molecular weight is 191 g/mol. The van der Waals surface area contributed by atoms with Crippen LogP contribution in [0.1, 0.15) is 0 Å². The Morgan fingerprint density at radius 1 is 1.29 bits per heavy atom. The molecule has 1 aliphatic rings. The van der Waals surface area contributed by atoms with E-state index in [1.165, 1.54) is 11.4 Å². The fraction of sp³-hybridized carbons (Fsp3) is 0.455. The fourth-order valence-corrected chi connectivity index (χ4v) is 1.60. The fourth-order valence-electron chi connectivity index (χ4n) is 1.60. The van der Waals surface area contributed by atoms with E-state index in [1.807, 2.05) is 0 Å². The van der Waals surface area contributed by atoms with E-state index >= 15 is 0 Å². The lowest BCUT2D eigenvalue weighted by molar-refractivity contribution is 0.472. The summed E-state index contributed by atoms with van der Waals surface area (Å²) in [6.45, 7) is 2.14. The van der Waals surface area contributed by atoms with Crippen molar-refractivity contribution >= 4 is 11.4 Å². The van der Waals surface area contributed by atoms with Crippen LogP contribution in [0.4, 0.5) is 11.4 Å². The third kappa shape index (κ3) is 1.82. The first kappa shape index (κ1) is 9.34. The lowest BCUT2D eigenvalue weighted by atomic mass is 10.1. The molecular weight excluding hydrogens is 174 g/mol. The maximum Gasteiger partial charge on any atom is 0.0596 e. The summed E-state index contributed by atoms with van der Waals surface area (Å²) in [5.41, 5.74) is 2.48. The van der Waals surface area contributed by atoms with Gasteiger partial charge in [-0.1, -0.05) is 12.1 Å². The van der Waals surface area contributed by atoms with E-state index in [0.29, 0.717) is 6.04 Å². The Hall–Kier alpha value is -1.22. The lowest BCUT2D eigenvalue weighted by Crippen LogP contribution is -2.51. The van der Waals surface area contributed by atoms with Gasteiger partial charge in [0.25, 0.3) is 0 Å². The zero-order chi connectivity index (χ0) is 9.97. The zero-order valence-corrected chi connectivity index (χ0v) is 8.75. The van der Waals surface area contributed by atoms with Crippen LogP contribution >= 0.6 is 0 Å². The molecule has 0 aromatic heterocycles. The van der Waals surface area contributed by atoms with Crippen LogP contribution in [0.15, 0.2) is 24.3 Å². The number of nitrogens with zero attached hydrogens (tertiary/aromatic N) is 1. The minimum Gasteiger partial charge on any atom is -0.378 e. The SMILES string of the molecule is CN(C)c1ccccc1NC1CNC1. The summed E-state index contributed by atoms with van der Waals surface area (Å²) >= 11 is 0. The van der Waals surface area contributed by atoms with Crippen LogP contribution in [0.5, 0.6) is 0 Å². The van der Waals surface area contributed by atoms with Crippen molar-refractivity contribution in [2.24, 2.45) is 0 Å². The molecular formula is C11H17N3. The number of hydrogen-bond donors (Lipinski definition) is 2. The summed E-state index contributed by atoms with van der Waals surface area (Å²) in [5.74, 6) is 0. The van der Waals surface area contributed by atoms with Gasteiger partial charge in [0.2, 0.25) is 0 Å². The number of rotatable bonds is 3. The Bertz CT molecular complexity index is 305. The normalized spacial score (nSPS) is 16.1. The second-order valence-electron chi connectivity index (χ2n) is 3.91. The molecule has 0 radical (unpaired) electrons. The summed E-state index contributed by atoms with van der Waals surface area (Å²) in [6, 6.07) is 9.00. The van der Waals surface area contributed by atoms with E-state index in [1.54, 1.807) is 0 Å². The van der Waals surface area contributed by atoms with Crippen LogP contribution in [0.3, 0.4) is 0 Å². The third-order valence-electron chi connectivity index (χ3n) is 2.53. The molecule has 0 unspecified atom stereocenters. The summed E-state index contributed by atoms with van der Waals surface area (Å²) in [7, 11) is 4.14. The Morgan fingerprint density at radius 2 is 2.00 bits per heavy atom. The highest BCUT2D eigenvalue weighted by molar-refractivity contribution is 5.69. The molecule has 0 saturated carbocycles. The highest BCUT2D eigenvalue weighted by Gasteiger charge is 2.17. The number of nitrogens with one attached hydrogen (secondary N) is 2. The standard InChI is InChI=1S/C11H17N3/c1-14(2)11-6-4-3-5-10(11)13-9-7-12-8-9/h3-6,9,12-13H,7-8H2,1-2H3. The molecule has 0 spiro atoms. The van der Waals surface area contributed by atoms with Gasteiger partial charge in [-0.05, 0) is 12.1 Å². The molecule has 2 N–H and O–H groups in total. The smallest absolute Gasteiger partial charge is 0.0596 e. The molecule has 1 fully saturated rings. The van der Waals surface area contributed by atoms with Gasteiger partial charge in [-0.25, -0.2) is 0 Å². The van der Waals surface area contributed by atoms with Crippen LogP contribution in [0, 0.1) is 0 Å². The molecule has 1 aliphatic heterocycles. The van der Waals surface area contributed by atoms with Gasteiger partial charge >= 0.3 is 0 Å². The quantitative estimate of drug-likeness (QED) is 0.750. The van der Waals surface area contributed by atoms with Crippen LogP contribution in [0.2, 0.25) is 0 Å². The maximum absolute atomic E-state index is 3.52.